The molecule has 0 unspecified atom stereocenters. The molecule has 0 bridgehead atoms. The van der Waals surface area contributed by atoms with E-state index in [1.54, 1.807) is 11.8 Å². The maximum atomic E-state index is 12.3. The molecular weight excluding hydrogens is 344 g/mol. The van der Waals surface area contributed by atoms with Crippen molar-refractivity contribution in [1.29, 1.82) is 0 Å². The molecule has 2 aliphatic heterocycles. The maximum absolute atomic E-state index is 12.3. The van der Waals surface area contributed by atoms with Gasteiger partial charge in [-0.05, 0) is 36.6 Å². The van der Waals surface area contributed by atoms with Crippen LogP contribution in [0.4, 0.5) is 0 Å². The molecule has 1 aromatic carbocycles. The van der Waals surface area contributed by atoms with Crippen molar-refractivity contribution in [2.45, 2.75) is 36.8 Å². The fourth-order valence-corrected chi connectivity index (χ4v) is 5.51. The Morgan fingerprint density at radius 1 is 1.23 bits per heavy atom. The minimum atomic E-state index is -0.399. The number of hydrogen-bond donors (Lipinski definition) is 1. The monoisotopic (exact) mass is 372 g/mol. The number of nitrogens with zero attached hydrogens (tertiary/aromatic N) is 2. The SMILES string of the molecule is CSCC(=O)N1CCC2(CC1)c1ccccc1[C@@H](N1CC=CCC1)[C@@H]2O. The number of likely N-dealkylation sites (tertiary alicyclic amines) is 1. The first-order valence-corrected chi connectivity index (χ1v) is 11.0. The van der Waals surface area contributed by atoms with E-state index in [9.17, 15) is 9.90 Å². The summed E-state index contributed by atoms with van der Waals surface area (Å²) in [5.41, 5.74) is 2.39. The Bertz CT molecular complexity index is 697. The molecule has 26 heavy (non-hydrogen) atoms. The van der Waals surface area contributed by atoms with Crippen molar-refractivity contribution < 1.29 is 9.90 Å². The van der Waals surface area contributed by atoms with Crippen LogP contribution >= 0.6 is 11.8 Å². The van der Waals surface area contributed by atoms with Crippen molar-refractivity contribution in [3.05, 3.63) is 47.5 Å². The molecule has 1 spiro atoms. The first-order chi connectivity index (χ1) is 12.7. The molecule has 4 nitrogen and oxygen atoms in total. The molecule has 5 heteroatoms. The second kappa shape index (κ2) is 7.37. The summed E-state index contributed by atoms with van der Waals surface area (Å²) < 4.78 is 0. The van der Waals surface area contributed by atoms with Crippen LogP contribution in [0.1, 0.15) is 36.4 Å². The molecule has 4 rings (SSSR count). The van der Waals surface area contributed by atoms with Crippen molar-refractivity contribution in [3.63, 3.8) is 0 Å². The van der Waals surface area contributed by atoms with E-state index < -0.39 is 6.10 Å². The lowest BCUT2D eigenvalue weighted by Crippen LogP contribution is -2.51. The third-order valence-corrected chi connectivity index (χ3v) is 6.98. The zero-order chi connectivity index (χ0) is 18.1. The van der Waals surface area contributed by atoms with Crippen LogP contribution in [0.5, 0.6) is 0 Å². The smallest absolute Gasteiger partial charge is 0.232 e. The predicted molar refractivity (Wildman–Crippen MR) is 106 cm³/mol. The highest BCUT2D eigenvalue weighted by atomic mass is 32.2. The lowest BCUT2D eigenvalue weighted by atomic mass is 9.72. The Morgan fingerprint density at radius 3 is 2.69 bits per heavy atom. The minimum Gasteiger partial charge on any atom is -0.390 e. The van der Waals surface area contributed by atoms with Crippen LogP contribution in [-0.4, -0.2) is 65.1 Å². The number of piperidine rings is 1. The van der Waals surface area contributed by atoms with Gasteiger partial charge in [-0.15, -0.1) is 0 Å². The highest BCUT2D eigenvalue weighted by Crippen LogP contribution is 2.53. The molecule has 140 valence electrons. The van der Waals surface area contributed by atoms with Gasteiger partial charge in [0, 0.05) is 31.6 Å². The first kappa shape index (κ1) is 18.1. The highest BCUT2D eigenvalue weighted by Gasteiger charge is 2.54. The fourth-order valence-electron chi connectivity index (χ4n) is 5.08. The summed E-state index contributed by atoms with van der Waals surface area (Å²) in [6.45, 7) is 3.40. The van der Waals surface area contributed by atoms with Gasteiger partial charge in [0.25, 0.3) is 0 Å². The van der Waals surface area contributed by atoms with Gasteiger partial charge in [-0.3, -0.25) is 9.69 Å². The number of rotatable bonds is 3. The second-order valence-electron chi connectivity index (χ2n) is 7.70. The topological polar surface area (TPSA) is 43.8 Å². The molecule has 1 aromatic rings. The molecular formula is C21H28N2O2S. The van der Waals surface area contributed by atoms with Crippen LogP contribution in [-0.2, 0) is 10.2 Å². The molecule has 2 atom stereocenters. The maximum Gasteiger partial charge on any atom is 0.232 e. The third-order valence-electron chi connectivity index (χ3n) is 6.44. The van der Waals surface area contributed by atoms with Gasteiger partial charge in [-0.2, -0.15) is 11.8 Å². The zero-order valence-electron chi connectivity index (χ0n) is 15.4. The molecule has 1 fully saturated rings. The Morgan fingerprint density at radius 2 is 2.00 bits per heavy atom. The van der Waals surface area contributed by atoms with Gasteiger partial charge in [0.1, 0.15) is 0 Å². The predicted octanol–water partition coefficient (Wildman–Crippen LogP) is 2.59. The largest absolute Gasteiger partial charge is 0.390 e. The number of carbonyl (C=O) groups excluding carboxylic acids is 1. The number of aliphatic hydroxyl groups excluding tert-OH is 1. The number of amides is 1. The van der Waals surface area contributed by atoms with Gasteiger partial charge >= 0.3 is 0 Å². The molecule has 1 saturated heterocycles. The summed E-state index contributed by atoms with van der Waals surface area (Å²) in [5, 5.41) is 11.5. The Balaban J connectivity index is 1.61. The Hall–Kier alpha value is -1.30. The van der Waals surface area contributed by atoms with Crippen LogP contribution in [0, 0.1) is 0 Å². The van der Waals surface area contributed by atoms with E-state index in [1.807, 2.05) is 11.2 Å². The number of thioether (sulfide) groups is 1. The van der Waals surface area contributed by atoms with Gasteiger partial charge < -0.3 is 10.0 Å². The quantitative estimate of drug-likeness (QED) is 0.829. The van der Waals surface area contributed by atoms with E-state index in [1.165, 1.54) is 11.1 Å². The number of fused-ring (bicyclic) bond motifs is 2. The molecule has 0 saturated carbocycles. The van der Waals surface area contributed by atoms with Crippen molar-refractivity contribution >= 4 is 17.7 Å². The van der Waals surface area contributed by atoms with E-state index in [2.05, 4.69) is 41.3 Å². The number of benzene rings is 1. The van der Waals surface area contributed by atoms with Crippen molar-refractivity contribution in [2.24, 2.45) is 0 Å². The van der Waals surface area contributed by atoms with Gasteiger partial charge in [0.2, 0.25) is 5.91 Å². The van der Waals surface area contributed by atoms with E-state index in [0.29, 0.717) is 5.75 Å². The van der Waals surface area contributed by atoms with Crippen LogP contribution in [0.3, 0.4) is 0 Å². The van der Waals surface area contributed by atoms with E-state index in [0.717, 1.165) is 45.4 Å². The second-order valence-corrected chi connectivity index (χ2v) is 8.57. The molecule has 1 aliphatic carbocycles. The van der Waals surface area contributed by atoms with Crippen molar-refractivity contribution in [3.8, 4) is 0 Å². The van der Waals surface area contributed by atoms with Gasteiger partial charge in [-0.25, -0.2) is 0 Å². The summed E-state index contributed by atoms with van der Waals surface area (Å²) in [7, 11) is 0. The van der Waals surface area contributed by atoms with Crippen molar-refractivity contribution in [1.82, 2.24) is 9.80 Å². The molecule has 1 N–H and O–H groups in total. The average Bonchev–Trinajstić information content (AvgIpc) is 2.92. The number of carbonyl (C=O) groups is 1. The minimum absolute atomic E-state index is 0.0737. The Labute approximate surface area is 160 Å². The van der Waals surface area contributed by atoms with Gasteiger partial charge in [0.05, 0.1) is 17.9 Å². The molecule has 0 radical (unpaired) electrons. The van der Waals surface area contributed by atoms with Crippen molar-refractivity contribution in [2.75, 3.05) is 38.2 Å². The van der Waals surface area contributed by atoms with Gasteiger partial charge in [0.15, 0.2) is 0 Å². The fraction of sp³-hybridized carbons (Fsp3) is 0.571. The van der Waals surface area contributed by atoms with E-state index >= 15 is 0 Å². The normalized spacial score (nSPS) is 27.7. The summed E-state index contributed by atoms with van der Waals surface area (Å²) >= 11 is 1.58. The first-order valence-electron chi connectivity index (χ1n) is 9.60. The summed E-state index contributed by atoms with van der Waals surface area (Å²) in [6.07, 6.45) is 8.77. The van der Waals surface area contributed by atoms with Crippen LogP contribution < -0.4 is 0 Å². The average molecular weight is 373 g/mol. The van der Waals surface area contributed by atoms with E-state index in [4.69, 9.17) is 0 Å². The zero-order valence-corrected chi connectivity index (χ0v) is 16.3. The van der Waals surface area contributed by atoms with Crippen LogP contribution in [0.2, 0.25) is 0 Å². The lowest BCUT2D eigenvalue weighted by Gasteiger charge is -2.44. The number of aliphatic hydroxyl groups is 1. The summed E-state index contributed by atoms with van der Waals surface area (Å²) in [5.74, 6) is 0.778. The summed E-state index contributed by atoms with van der Waals surface area (Å²) in [4.78, 5) is 16.7. The Kier molecular flexibility index (Phi) is 5.13. The third kappa shape index (κ3) is 2.90. The van der Waals surface area contributed by atoms with Crippen LogP contribution in [0.15, 0.2) is 36.4 Å². The standard InChI is InChI=1S/C21H28N2O2S/c1-26-15-18(24)22-13-9-21(10-14-22)17-8-4-3-7-16(17)19(20(21)25)23-11-5-2-6-12-23/h2-5,7-8,19-20,25H,6,9-15H2,1H3/t19-,20+/m1/s1. The van der Waals surface area contributed by atoms with Gasteiger partial charge in [-0.1, -0.05) is 36.4 Å². The molecule has 2 heterocycles. The number of hydrogen-bond acceptors (Lipinski definition) is 4. The summed E-state index contributed by atoms with van der Waals surface area (Å²) in [6, 6.07) is 8.66. The van der Waals surface area contributed by atoms with Crippen LogP contribution in [0.25, 0.3) is 0 Å². The molecule has 0 aromatic heterocycles. The highest BCUT2D eigenvalue weighted by molar-refractivity contribution is 7.99. The van der Waals surface area contributed by atoms with E-state index in [-0.39, 0.29) is 17.4 Å². The molecule has 3 aliphatic rings. The lowest BCUT2D eigenvalue weighted by molar-refractivity contribution is -0.131. The molecule has 1 amide bonds.